The molecule has 21 heavy (non-hydrogen) atoms. The fraction of sp³-hybridized carbons (Fsp3) is 0.714. The van der Waals surface area contributed by atoms with Gasteiger partial charge in [0, 0.05) is 31.1 Å². The van der Waals surface area contributed by atoms with Gasteiger partial charge in [0.2, 0.25) is 11.1 Å². The molecule has 0 saturated carbocycles. The fourth-order valence-electron chi connectivity index (χ4n) is 2.67. The van der Waals surface area contributed by atoms with Crippen molar-refractivity contribution in [3.8, 4) is 0 Å². The van der Waals surface area contributed by atoms with Crippen molar-refractivity contribution in [3.63, 3.8) is 0 Å². The fourth-order valence-corrected chi connectivity index (χ4v) is 2.94. The number of carbonyl (C=O) groups excluding carboxylic acids is 1. The van der Waals surface area contributed by atoms with Crippen molar-refractivity contribution in [2.24, 2.45) is 0 Å². The van der Waals surface area contributed by atoms with Gasteiger partial charge >= 0.3 is 0 Å². The van der Waals surface area contributed by atoms with Gasteiger partial charge in [-0.1, -0.05) is 12.1 Å². The smallest absolute Gasteiger partial charge is 0.229 e. The van der Waals surface area contributed by atoms with Crippen molar-refractivity contribution in [1.29, 1.82) is 0 Å². The number of rotatable bonds is 6. The molecule has 5 nitrogen and oxygen atoms in total. The largest absolute Gasteiger partial charge is 0.344 e. The van der Waals surface area contributed by atoms with Crippen molar-refractivity contribution in [1.82, 2.24) is 15.4 Å². The van der Waals surface area contributed by atoms with Gasteiger partial charge in [0.05, 0.1) is 5.69 Å². The van der Waals surface area contributed by atoms with Gasteiger partial charge in [-0.2, -0.15) is 0 Å². The Morgan fingerprint density at radius 2 is 2.33 bits per heavy atom. The molecule has 1 aliphatic rings. The lowest BCUT2D eigenvalue weighted by atomic mass is 10.1. The predicted octanol–water partition coefficient (Wildman–Crippen LogP) is 2.59. The van der Waals surface area contributed by atoms with E-state index in [1.54, 1.807) is 0 Å². The predicted molar refractivity (Wildman–Crippen MR) is 85.1 cm³/mol. The summed E-state index contributed by atoms with van der Waals surface area (Å²) in [4.78, 5) is 14.5. The molecule has 1 unspecified atom stereocenters. The normalized spacial score (nSPS) is 17.6. The number of nitrogens with zero attached hydrogens (tertiary/aromatic N) is 2. The highest BCUT2D eigenvalue weighted by Gasteiger charge is 2.26. The number of halogens is 2. The number of aryl methyl sites for hydroxylation is 1. The molecule has 0 aliphatic carbocycles. The van der Waals surface area contributed by atoms with Gasteiger partial charge in [0.25, 0.3) is 0 Å². The lowest BCUT2D eigenvalue weighted by Crippen LogP contribution is -2.42. The van der Waals surface area contributed by atoms with Crippen LogP contribution in [0.3, 0.4) is 0 Å². The molecule has 1 atom stereocenters. The minimum absolute atomic E-state index is 0. The third-order valence-electron chi connectivity index (χ3n) is 3.79. The van der Waals surface area contributed by atoms with Crippen LogP contribution in [0.4, 0.5) is 0 Å². The monoisotopic (exact) mass is 335 g/mol. The topological polar surface area (TPSA) is 58.4 Å². The van der Waals surface area contributed by atoms with Gasteiger partial charge in [-0.3, -0.25) is 4.79 Å². The van der Waals surface area contributed by atoms with Gasteiger partial charge in [-0.15, -0.1) is 12.4 Å². The van der Waals surface area contributed by atoms with E-state index in [0.29, 0.717) is 24.1 Å². The van der Waals surface area contributed by atoms with E-state index in [1.807, 2.05) is 11.8 Å². The van der Waals surface area contributed by atoms with E-state index in [1.165, 1.54) is 0 Å². The first-order chi connectivity index (χ1) is 9.63. The zero-order chi connectivity index (χ0) is 14.5. The van der Waals surface area contributed by atoms with Crippen molar-refractivity contribution in [2.45, 2.75) is 45.6 Å². The molecule has 1 saturated heterocycles. The van der Waals surface area contributed by atoms with Gasteiger partial charge in [0.15, 0.2) is 0 Å². The quantitative estimate of drug-likeness (QED) is 0.868. The van der Waals surface area contributed by atoms with Crippen LogP contribution in [0.1, 0.15) is 37.4 Å². The van der Waals surface area contributed by atoms with E-state index in [0.717, 1.165) is 43.7 Å². The Bertz CT molecular complexity index is 440. The molecule has 0 spiro atoms. The zero-order valence-electron chi connectivity index (χ0n) is 12.5. The minimum atomic E-state index is 0. The van der Waals surface area contributed by atoms with E-state index in [9.17, 15) is 4.79 Å². The van der Waals surface area contributed by atoms with E-state index >= 15 is 0 Å². The van der Waals surface area contributed by atoms with Crippen molar-refractivity contribution < 1.29 is 9.32 Å². The summed E-state index contributed by atoms with van der Waals surface area (Å²) in [6.07, 6.45) is 3.07. The van der Waals surface area contributed by atoms with E-state index in [2.05, 4.69) is 17.4 Å². The Hall–Kier alpha value is -0.780. The summed E-state index contributed by atoms with van der Waals surface area (Å²) in [5, 5.41) is 7.43. The molecule has 1 aromatic rings. The second-order valence-electron chi connectivity index (χ2n) is 5.25. The summed E-state index contributed by atoms with van der Waals surface area (Å²) in [5.41, 5.74) is 1.62. The van der Waals surface area contributed by atoms with E-state index in [4.69, 9.17) is 16.1 Å². The van der Waals surface area contributed by atoms with Crippen molar-refractivity contribution in [2.75, 3.05) is 19.6 Å². The van der Waals surface area contributed by atoms with Gasteiger partial charge < -0.3 is 14.7 Å². The summed E-state index contributed by atoms with van der Waals surface area (Å²) >= 11 is 5.93. The highest BCUT2D eigenvalue weighted by Crippen LogP contribution is 2.21. The Balaban J connectivity index is 0.00000220. The molecule has 0 bridgehead atoms. The molecule has 120 valence electrons. The molecule has 2 heterocycles. The van der Waals surface area contributed by atoms with Gasteiger partial charge in [-0.05, 0) is 44.3 Å². The zero-order valence-corrected chi connectivity index (χ0v) is 14.1. The van der Waals surface area contributed by atoms with Crippen LogP contribution in [-0.2, 0) is 11.2 Å². The Morgan fingerprint density at radius 3 is 2.86 bits per heavy atom. The molecule has 1 N–H and O–H groups in total. The van der Waals surface area contributed by atoms with Crippen LogP contribution in [-0.4, -0.2) is 41.6 Å². The van der Waals surface area contributed by atoms with Crippen LogP contribution in [0.2, 0.25) is 5.22 Å². The standard InChI is InChI=1S/C14H22ClN3O2.ClH/c1-3-8-18(11-6-7-16-9-11)13(19)5-4-12-10(2)17-20-14(12)15;/h11,16H,3-9H2,1-2H3;1H. The Morgan fingerprint density at radius 1 is 1.57 bits per heavy atom. The molecule has 7 heteroatoms. The summed E-state index contributed by atoms with van der Waals surface area (Å²) in [5.74, 6) is 0.192. The number of nitrogens with one attached hydrogen (secondary N) is 1. The summed E-state index contributed by atoms with van der Waals surface area (Å²) in [6.45, 7) is 6.67. The summed E-state index contributed by atoms with van der Waals surface area (Å²) in [6, 6.07) is 0.335. The van der Waals surface area contributed by atoms with Crippen LogP contribution >= 0.6 is 24.0 Å². The minimum Gasteiger partial charge on any atom is -0.344 e. The van der Waals surface area contributed by atoms with Crippen molar-refractivity contribution >= 4 is 29.9 Å². The van der Waals surface area contributed by atoms with E-state index < -0.39 is 0 Å². The van der Waals surface area contributed by atoms with Crippen LogP contribution in [0.5, 0.6) is 0 Å². The first-order valence-electron chi connectivity index (χ1n) is 7.24. The maximum Gasteiger partial charge on any atom is 0.229 e. The molecular formula is C14H23Cl2N3O2. The molecule has 1 aliphatic heterocycles. The summed E-state index contributed by atoms with van der Waals surface area (Å²) < 4.78 is 4.92. The second-order valence-corrected chi connectivity index (χ2v) is 5.60. The molecule has 2 rings (SSSR count). The molecule has 1 fully saturated rings. The van der Waals surface area contributed by atoms with Crippen LogP contribution in [0.25, 0.3) is 0 Å². The average molecular weight is 336 g/mol. The lowest BCUT2D eigenvalue weighted by Gasteiger charge is -2.28. The molecule has 0 aromatic carbocycles. The Kier molecular flexibility index (Phi) is 7.49. The Labute approximate surface area is 136 Å². The first kappa shape index (κ1) is 18.3. The molecule has 0 radical (unpaired) electrons. The van der Waals surface area contributed by atoms with Gasteiger partial charge in [-0.25, -0.2) is 0 Å². The van der Waals surface area contributed by atoms with Crippen LogP contribution in [0, 0.1) is 6.92 Å². The summed E-state index contributed by atoms with van der Waals surface area (Å²) in [7, 11) is 0. The number of amides is 1. The number of aromatic nitrogens is 1. The average Bonchev–Trinajstić information content (AvgIpc) is 3.05. The van der Waals surface area contributed by atoms with Crippen LogP contribution < -0.4 is 5.32 Å². The number of carbonyl (C=O) groups is 1. The number of hydrogen-bond acceptors (Lipinski definition) is 4. The maximum absolute atomic E-state index is 12.4. The molecular weight excluding hydrogens is 313 g/mol. The third kappa shape index (κ3) is 4.59. The first-order valence-corrected chi connectivity index (χ1v) is 7.62. The van der Waals surface area contributed by atoms with Gasteiger partial charge in [0.1, 0.15) is 0 Å². The second kappa shape index (κ2) is 8.61. The molecule has 1 amide bonds. The van der Waals surface area contributed by atoms with Crippen molar-refractivity contribution in [3.05, 3.63) is 16.5 Å². The van der Waals surface area contributed by atoms with Crippen LogP contribution in [0.15, 0.2) is 4.52 Å². The third-order valence-corrected chi connectivity index (χ3v) is 4.08. The highest BCUT2D eigenvalue weighted by atomic mass is 35.5. The maximum atomic E-state index is 12.4. The number of hydrogen-bond donors (Lipinski definition) is 1. The highest BCUT2D eigenvalue weighted by molar-refractivity contribution is 6.29. The molecule has 1 aromatic heterocycles. The SMILES string of the molecule is CCCN(C(=O)CCc1c(C)noc1Cl)C1CCNC1.Cl. The van der Waals surface area contributed by atoms with E-state index in [-0.39, 0.29) is 18.3 Å². The lowest BCUT2D eigenvalue weighted by molar-refractivity contribution is -0.133.